The number of carbonyl (C=O) groups excluding carboxylic acids is 2. The summed E-state index contributed by atoms with van der Waals surface area (Å²) in [5.41, 5.74) is 1.32. The Kier molecular flexibility index (Phi) is 5.42. The lowest BCUT2D eigenvalue weighted by Crippen LogP contribution is -2.37. The van der Waals surface area contributed by atoms with E-state index in [0.717, 1.165) is 31.5 Å². The van der Waals surface area contributed by atoms with Crippen LogP contribution in [0.4, 0.5) is 0 Å². The molecule has 7 heteroatoms. The van der Waals surface area contributed by atoms with E-state index >= 15 is 0 Å². The summed E-state index contributed by atoms with van der Waals surface area (Å²) in [6, 6.07) is 6.97. The minimum absolute atomic E-state index is 0.114. The van der Waals surface area contributed by atoms with Crippen LogP contribution < -0.4 is 5.32 Å². The van der Waals surface area contributed by atoms with E-state index in [2.05, 4.69) is 15.5 Å². The molecule has 2 heterocycles. The zero-order valence-electron chi connectivity index (χ0n) is 14.3. The molecule has 2 aromatic rings. The van der Waals surface area contributed by atoms with Crippen molar-refractivity contribution in [2.75, 3.05) is 19.6 Å². The molecule has 0 spiro atoms. The highest BCUT2D eigenvalue weighted by atomic mass is 16.5. The number of aryl methyl sites for hydroxylation is 1. The predicted octanol–water partition coefficient (Wildman–Crippen LogP) is 2.18. The second-order valence-corrected chi connectivity index (χ2v) is 6.16. The first-order valence-electron chi connectivity index (χ1n) is 8.60. The lowest BCUT2D eigenvalue weighted by Gasteiger charge is -2.26. The monoisotopic (exact) mass is 342 g/mol. The second kappa shape index (κ2) is 7.92. The van der Waals surface area contributed by atoms with Crippen LogP contribution in [-0.2, 0) is 4.79 Å². The summed E-state index contributed by atoms with van der Waals surface area (Å²) in [4.78, 5) is 30.3. The van der Waals surface area contributed by atoms with Gasteiger partial charge in [-0.25, -0.2) is 0 Å². The SMILES string of the molecule is Cc1nc(-c2ccc(C(=O)NCCC(=O)N3CCCCC3)cc2)no1. The van der Waals surface area contributed by atoms with E-state index < -0.39 is 0 Å². The Bertz CT molecular complexity index is 733. The van der Waals surface area contributed by atoms with Gasteiger partial charge in [-0.05, 0) is 31.4 Å². The fraction of sp³-hybridized carbons (Fsp3) is 0.444. The van der Waals surface area contributed by atoms with Crippen LogP contribution in [-0.4, -0.2) is 46.5 Å². The van der Waals surface area contributed by atoms with Crippen molar-refractivity contribution in [2.45, 2.75) is 32.6 Å². The molecule has 25 heavy (non-hydrogen) atoms. The maximum Gasteiger partial charge on any atom is 0.251 e. The van der Waals surface area contributed by atoms with Gasteiger partial charge in [-0.15, -0.1) is 0 Å². The molecule has 1 aromatic carbocycles. The molecule has 0 bridgehead atoms. The van der Waals surface area contributed by atoms with Gasteiger partial charge in [0, 0.05) is 44.1 Å². The van der Waals surface area contributed by atoms with Crippen molar-refractivity contribution in [3.63, 3.8) is 0 Å². The topological polar surface area (TPSA) is 88.3 Å². The van der Waals surface area contributed by atoms with Gasteiger partial charge in [-0.2, -0.15) is 4.98 Å². The summed E-state index contributed by atoms with van der Waals surface area (Å²) in [6.07, 6.45) is 3.68. The molecule has 0 radical (unpaired) electrons. The number of aromatic nitrogens is 2. The van der Waals surface area contributed by atoms with E-state index in [1.807, 2.05) is 4.90 Å². The number of piperidine rings is 1. The van der Waals surface area contributed by atoms with Gasteiger partial charge in [0.2, 0.25) is 17.6 Å². The third-order valence-corrected chi connectivity index (χ3v) is 4.27. The molecule has 1 aliphatic rings. The van der Waals surface area contributed by atoms with Crippen LogP contribution in [0.1, 0.15) is 41.9 Å². The van der Waals surface area contributed by atoms with Crippen LogP contribution in [0.5, 0.6) is 0 Å². The number of nitrogens with one attached hydrogen (secondary N) is 1. The van der Waals surface area contributed by atoms with E-state index in [9.17, 15) is 9.59 Å². The fourth-order valence-electron chi connectivity index (χ4n) is 2.87. The third-order valence-electron chi connectivity index (χ3n) is 4.27. The lowest BCUT2D eigenvalue weighted by atomic mass is 10.1. The lowest BCUT2D eigenvalue weighted by molar-refractivity contribution is -0.131. The standard InChI is InChI=1S/C18H22N4O3/c1-13-20-17(21-25-13)14-5-7-15(8-6-14)18(24)19-10-9-16(23)22-11-3-2-4-12-22/h5-8H,2-4,9-12H2,1H3,(H,19,24). The van der Waals surface area contributed by atoms with E-state index in [1.165, 1.54) is 6.42 Å². The zero-order chi connectivity index (χ0) is 17.6. The summed E-state index contributed by atoms with van der Waals surface area (Å²) in [5, 5.41) is 6.64. The van der Waals surface area contributed by atoms with Gasteiger partial charge in [-0.1, -0.05) is 17.3 Å². The largest absolute Gasteiger partial charge is 0.352 e. The molecule has 0 unspecified atom stereocenters. The molecule has 132 valence electrons. The summed E-state index contributed by atoms with van der Waals surface area (Å²) >= 11 is 0. The maximum atomic E-state index is 12.2. The van der Waals surface area contributed by atoms with Gasteiger partial charge in [0.15, 0.2) is 0 Å². The van der Waals surface area contributed by atoms with Crippen LogP contribution in [0, 0.1) is 6.92 Å². The number of nitrogens with zero attached hydrogens (tertiary/aromatic N) is 3. The second-order valence-electron chi connectivity index (χ2n) is 6.16. The van der Waals surface area contributed by atoms with Crippen LogP contribution in [0.25, 0.3) is 11.4 Å². The van der Waals surface area contributed by atoms with Crippen molar-refractivity contribution in [2.24, 2.45) is 0 Å². The summed E-state index contributed by atoms with van der Waals surface area (Å²) in [5.74, 6) is 0.914. The Hall–Kier alpha value is -2.70. The van der Waals surface area contributed by atoms with Crippen molar-refractivity contribution in [1.29, 1.82) is 0 Å². The molecule has 0 aliphatic carbocycles. The van der Waals surface area contributed by atoms with E-state index in [4.69, 9.17) is 4.52 Å². The number of rotatable bonds is 5. The predicted molar refractivity (Wildman–Crippen MR) is 91.9 cm³/mol. The van der Waals surface area contributed by atoms with E-state index in [1.54, 1.807) is 31.2 Å². The number of hydrogen-bond acceptors (Lipinski definition) is 5. The smallest absolute Gasteiger partial charge is 0.251 e. The van der Waals surface area contributed by atoms with Gasteiger partial charge in [0.1, 0.15) is 0 Å². The molecule has 1 saturated heterocycles. The van der Waals surface area contributed by atoms with Gasteiger partial charge >= 0.3 is 0 Å². The van der Waals surface area contributed by atoms with Gasteiger partial charge in [-0.3, -0.25) is 9.59 Å². The number of hydrogen-bond donors (Lipinski definition) is 1. The Morgan fingerprint density at radius 2 is 1.88 bits per heavy atom. The molecule has 1 aliphatic heterocycles. The molecular weight excluding hydrogens is 320 g/mol. The fourth-order valence-corrected chi connectivity index (χ4v) is 2.87. The number of carbonyl (C=O) groups is 2. The number of likely N-dealkylation sites (tertiary alicyclic amines) is 1. The van der Waals surface area contributed by atoms with Crippen molar-refractivity contribution in [1.82, 2.24) is 20.4 Å². The molecule has 1 aromatic heterocycles. The molecule has 0 saturated carbocycles. The van der Waals surface area contributed by atoms with Crippen LogP contribution >= 0.6 is 0 Å². The molecular formula is C18H22N4O3. The van der Waals surface area contributed by atoms with E-state index in [0.29, 0.717) is 30.2 Å². The van der Waals surface area contributed by atoms with E-state index in [-0.39, 0.29) is 11.8 Å². The molecule has 3 rings (SSSR count). The first-order valence-corrected chi connectivity index (χ1v) is 8.60. The van der Waals surface area contributed by atoms with Crippen molar-refractivity contribution < 1.29 is 14.1 Å². The maximum absolute atomic E-state index is 12.2. The average Bonchev–Trinajstić information content (AvgIpc) is 3.09. The molecule has 7 nitrogen and oxygen atoms in total. The Morgan fingerprint density at radius 1 is 1.16 bits per heavy atom. The third kappa shape index (κ3) is 4.43. The van der Waals surface area contributed by atoms with Gasteiger partial charge in [0.25, 0.3) is 5.91 Å². The molecule has 1 N–H and O–H groups in total. The first kappa shape index (κ1) is 17.1. The van der Waals surface area contributed by atoms with Gasteiger partial charge < -0.3 is 14.7 Å². The van der Waals surface area contributed by atoms with Crippen molar-refractivity contribution in [3.05, 3.63) is 35.7 Å². The Labute approximate surface area is 146 Å². The minimum Gasteiger partial charge on any atom is -0.352 e. The molecule has 0 atom stereocenters. The highest BCUT2D eigenvalue weighted by Gasteiger charge is 2.16. The zero-order valence-corrected chi connectivity index (χ0v) is 14.3. The summed E-state index contributed by atoms with van der Waals surface area (Å²) in [7, 11) is 0. The van der Waals surface area contributed by atoms with Crippen molar-refractivity contribution >= 4 is 11.8 Å². The quantitative estimate of drug-likeness (QED) is 0.900. The van der Waals surface area contributed by atoms with Gasteiger partial charge in [0.05, 0.1) is 0 Å². The highest BCUT2D eigenvalue weighted by Crippen LogP contribution is 2.16. The number of benzene rings is 1. The summed E-state index contributed by atoms with van der Waals surface area (Å²) in [6.45, 7) is 3.75. The Morgan fingerprint density at radius 3 is 2.52 bits per heavy atom. The summed E-state index contributed by atoms with van der Waals surface area (Å²) < 4.78 is 4.95. The highest BCUT2D eigenvalue weighted by molar-refractivity contribution is 5.94. The molecule has 1 fully saturated rings. The minimum atomic E-state index is -0.192. The van der Waals surface area contributed by atoms with Crippen LogP contribution in [0.2, 0.25) is 0 Å². The average molecular weight is 342 g/mol. The van der Waals surface area contributed by atoms with Crippen LogP contribution in [0.15, 0.2) is 28.8 Å². The Balaban J connectivity index is 1.48. The van der Waals surface area contributed by atoms with Crippen molar-refractivity contribution in [3.8, 4) is 11.4 Å². The van der Waals surface area contributed by atoms with Crippen LogP contribution in [0.3, 0.4) is 0 Å². The number of amides is 2. The first-order chi connectivity index (χ1) is 12.1. The normalized spacial score (nSPS) is 14.4. The molecule has 2 amide bonds.